The fourth-order valence-electron chi connectivity index (χ4n) is 5.82. The highest BCUT2D eigenvalue weighted by atomic mass is 16.5. The normalized spacial score (nSPS) is 26.3. The Morgan fingerprint density at radius 2 is 1.97 bits per heavy atom. The number of amides is 1. The molecule has 4 unspecified atom stereocenters. The van der Waals surface area contributed by atoms with Gasteiger partial charge in [0.1, 0.15) is 0 Å². The lowest BCUT2D eigenvalue weighted by atomic mass is 9.75. The van der Waals surface area contributed by atoms with Crippen molar-refractivity contribution in [2.24, 2.45) is 5.92 Å². The standard InChI is InChI=1S/C27H32N2O2/c1-16-12-17(2)25(18(3)13-16)26-22-8-4-7-21(22)23-14-19(9-10-24(23)29-26)27(30)28-15-20-6-5-11-31-20/h4,7,9-10,12-14,20-22,26,29H,5-6,8,11,15H2,1-3H3,(H,28,30). The first-order valence-electron chi connectivity index (χ1n) is 11.6. The van der Waals surface area contributed by atoms with Gasteiger partial charge in [-0.05, 0) is 86.4 Å². The van der Waals surface area contributed by atoms with Crippen molar-refractivity contribution in [3.8, 4) is 0 Å². The van der Waals surface area contributed by atoms with Crippen LogP contribution >= 0.6 is 0 Å². The second kappa shape index (κ2) is 8.16. The Bertz CT molecular complexity index is 1010. The molecule has 3 aliphatic rings. The predicted octanol–water partition coefficient (Wildman–Crippen LogP) is 5.35. The van der Waals surface area contributed by atoms with E-state index < -0.39 is 0 Å². The quantitative estimate of drug-likeness (QED) is 0.661. The maximum Gasteiger partial charge on any atom is 0.251 e. The van der Waals surface area contributed by atoms with E-state index in [1.165, 1.54) is 27.8 Å². The molecular weight excluding hydrogens is 384 g/mol. The molecule has 1 fully saturated rings. The summed E-state index contributed by atoms with van der Waals surface area (Å²) in [5, 5.41) is 6.90. The minimum absolute atomic E-state index is 0.0100. The molecule has 1 aliphatic carbocycles. The molecule has 2 N–H and O–H groups in total. The van der Waals surface area contributed by atoms with Gasteiger partial charge in [0.15, 0.2) is 0 Å². The Morgan fingerprint density at radius 1 is 1.16 bits per heavy atom. The van der Waals surface area contributed by atoms with Crippen LogP contribution in [0.2, 0.25) is 0 Å². The summed E-state index contributed by atoms with van der Waals surface area (Å²) in [7, 11) is 0. The second-order valence-electron chi connectivity index (χ2n) is 9.43. The average Bonchev–Trinajstić information content (AvgIpc) is 3.43. The van der Waals surface area contributed by atoms with Crippen LogP contribution in [0.1, 0.15) is 69.4 Å². The van der Waals surface area contributed by atoms with Crippen molar-refractivity contribution in [1.82, 2.24) is 5.32 Å². The number of benzene rings is 2. The van der Waals surface area contributed by atoms with E-state index in [0.717, 1.165) is 37.1 Å². The van der Waals surface area contributed by atoms with Crippen molar-refractivity contribution in [3.63, 3.8) is 0 Å². The lowest BCUT2D eigenvalue weighted by Crippen LogP contribution is -2.33. The number of hydrogen-bond acceptors (Lipinski definition) is 3. The summed E-state index contributed by atoms with van der Waals surface area (Å²) in [6.45, 7) is 8.02. The third-order valence-electron chi connectivity index (χ3n) is 7.19. The number of nitrogens with one attached hydrogen (secondary N) is 2. The van der Waals surface area contributed by atoms with Crippen molar-refractivity contribution in [3.05, 3.63) is 75.9 Å². The van der Waals surface area contributed by atoms with Crippen LogP contribution in [-0.2, 0) is 4.74 Å². The van der Waals surface area contributed by atoms with E-state index in [-0.39, 0.29) is 18.1 Å². The summed E-state index contributed by atoms with van der Waals surface area (Å²) < 4.78 is 5.63. The lowest BCUT2D eigenvalue weighted by Gasteiger charge is -2.39. The number of allylic oxidation sites excluding steroid dienone is 2. The molecule has 0 saturated carbocycles. The zero-order chi connectivity index (χ0) is 21.5. The predicted molar refractivity (Wildman–Crippen MR) is 125 cm³/mol. The zero-order valence-electron chi connectivity index (χ0n) is 18.7. The SMILES string of the molecule is Cc1cc(C)c(C2Nc3ccc(C(=O)NCC4CCCO4)cc3C3C=CCC32)c(C)c1. The summed E-state index contributed by atoms with van der Waals surface area (Å²) in [4.78, 5) is 12.8. The van der Waals surface area contributed by atoms with Crippen molar-refractivity contribution in [2.45, 2.75) is 58.1 Å². The molecule has 2 aromatic rings. The number of ether oxygens (including phenoxy) is 1. The van der Waals surface area contributed by atoms with Crippen LogP contribution in [0.25, 0.3) is 0 Å². The van der Waals surface area contributed by atoms with E-state index in [1.54, 1.807) is 0 Å². The number of fused-ring (bicyclic) bond motifs is 3. The summed E-state index contributed by atoms with van der Waals surface area (Å²) in [6.07, 6.45) is 7.98. The fourth-order valence-corrected chi connectivity index (χ4v) is 5.82. The summed E-state index contributed by atoms with van der Waals surface area (Å²) >= 11 is 0. The highest BCUT2D eigenvalue weighted by Gasteiger charge is 2.39. The molecule has 4 nitrogen and oxygen atoms in total. The number of hydrogen-bond donors (Lipinski definition) is 2. The minimum atomic E-state index is -0.0100. The smallest absolute Gasteiger partial charge is 0.251 e. The van der Waals surface area contributed by atoms with Crippen LogP contribution < -0.4 is 10.6 Å². The third-order valence-corrected chi connectivity index (χ3v) is 7.19. The lowest BCUT2D eigenvalue weighted by molar-refractivity contribution is 0.0857. The van der Waals surface area contributed by atoms with E-state index in [2.05, 4.69) is 67.8 Å². The molecule has 4 heteroatoms. The molecule has 2 aromatic carbocycles. The number of carbonyl (C=O) groups is 1. The summed E-state index contributed by atoms with van der Waals surface area (Å²) in [5.74, 6) is 0.800. The molecule has 1 saturated heterocycles. The minimum Gasteiger partial charge on any atom is -0.378 e. The highest BCUT2D eigenvalue weighted by Crippen LogP contribution is 2.51. The fraction of sp³-hybridized carbons (Fsp3) is 0.444. The first-order chi connectivity index (χ1) is 15.0. The zero-order valence-corrected chi connectivity index (χ0v) is 18.7. The van der Waals surface area contributed by atoms with E-state index in [4.69, 9.17) is 4.74 Å². The average molecular weight is 417 g/mol. The molecule has 4 atom stereocenters. The van der Waals surface area contributed by atoms with Gasteiger partial charge in [0.2, 0.25) is 0 Å². The van der Waals surface area contributed by atoms with Crippen LogP contribution in [0.5, 0.6) is 0 Å². The van der Waals surface area contributed by atoms with Crippen molar-refractivity contribution < 1.29 is 9.53 Å². The first-order valence-corrected chi connectivity index (χ1v) is 11.6. The van der Waals surface area contributed by atoms with Crippen LogP contribution in [0.3, 0.4) is 0 Å². The van der Waals surface area contributed by atoms with Gasteiger partial charge in [-0.15, -0.1) is 0 Å². The summed E-state index contributed by atoms with van der Waals surface area (Å²) in [6, 6.07) is 11.0. The monoisotopic (exact) mass is 416 g/mol. The molecule has 31 heavy (non-hydrogen) atoms. The Morgan fingerprint density at radius 3 is 2.71 bits per heavy atom. The van der Waals surface area contributed by atoms with Gasteiger partial charge in [0, 0.05) is 30.3 Å². The van der Waals surface area contributed by atoms with Gasteiger partial charge in [0.25, 0.3) is 5.91 Å². The van der Waals surface area contributed by atoms with Crippen molar-refractivity contribution >= 4 is 11.6 Å². The van der Waals surface area contributed by atoms with E-state index in [0.29, 0.717) is 18.4 Å². The van der Waals surface area contributed by atoms with Crippen LogP contribution in [-0.4, -0.2) is 25.2 Å². The van der Waals surface area contributed by atoms with E-state index in [1.807, 2.05) is 6.07 Å². The molecule has 0 radical (unpaired) electrons. The molecule has 0 aromatic heterocycles. The maximum absolute atomic E-state index is 12.8. The third kappa shape index (κ3) is 3.78. The second-order valence-corrected chi connectivity index (χ2v) is 9.43. The molecule has 162 valence electrons. The maximum atomic E-state index is 12.8. The van der Waals surface area contributed by atoms with Gasteiger partial charge >= 0.3 is 0 Å². The Hall–Kier alpha value is -2.59. The molecule has 1 amide bonds. The molecule has 2 heterocycles. The topological polar surface area (TPSA) is 50.4 Å². The van der Waals surface area contributed by atoms with Crippen LogP contribution in [0.4, 0.5) is 5.69 Å². The largest absolute Gasteiger partial charge is 0.378 e. The first kappa shape index (κ1) is 20.3. The van der Waals surface area contributed by atoms with Crippen LogP contribution in [0, 0.1) is 26.7 Å². The Kier molecular flexibility index (Phi) is 5.35. The van der Waals surface area contributed by atoms with Gasteiger partial charge in [-0.1, -0.05) is 29.8 Å². The number of rotatable bonds is 4. The molecule has 0 spiro atoms. The number of carbonyl (C=O) groups excluding carboxylic acids is 1. The molecule has 5 rings (SSSR count). The van der Waals surface area contributed by atoms with Gasteiger partial charge in [-0.3, -0.25) is 4.79 Å². The van der Waals surface area contributed by atoms with Crippen molar-refractivity contribution in [1.29, 1.82) is 0 Å². The van der Waals surface area contributed by atoms with Gasteiger partial charge in [0.05, 0.1) is 12.1 Å². The Labute approximate surface area is 185 Å². The highest BCUT2D eigenvalue weighted by molar-refractivity contribution is 5.95. The number of anilines is 1. The Balaban J connectivity index is 1.42. The van der Waals surface area contributed by atoms with Crippen molar-refractivity contribution in [2.75, 3.05) is 18.5 Å². The van der Waals surface area contributed by atoms with Crippen LogP contribution in [0.15, 0.2) is 42.5 Å². The molecular formula is C27H32N2O2. The van der Waals surface area contributed by atoms with Gasteiger partial charge in [-0.2, -0.15) is 0 Å². The van der Waals surface area contributed by atoms with Gasteiger partial charge in [-0.25, -0.2) is 0 Å². The van der Waals surface area contributed by atoms with E-state index in [9.17, 15) is 4.79 Å². The molecule has 2 aliphatic heterocycles. The van der Waals surface area contributed by atoms with Gasteiger partial charge < -0.3 is 15.4 Å². The summed E-state index contributed by atoms with van der Waals surface area (Å²) in [5.41, 5.74) is 8.57. The molecule has 0 bridgehead atoms. The van der Waals surface area contributed by atoms with E-state index >= 15 is 0 Å². The number of aryl methyl sites for hydroxylation is 3.